The smallest absolute Gasteiger partial charge is 0.303 e. The molecule has 0 bridgehead atoms. The van der Waals surface area contributed by atoms with Crippen LogP contribution in [0.4, 0.5) is 4.39 Å². The van der Waals surface area contributed by atoms with Crippen LogP contribution in [0, 0.1) is 0 Å². The highest BCUT2D eigenvalue weighted by Gasteiger charge is 2.11. The quantitative estimate of drug-likeness (QED) is 0.814. The van der Waals surface area contributed by atoms with Gasteiger partial charge in [-0.15, -0.1) is 0 Å². The van der Waals surface area contributed by atoms with Gasteiger partial charge in [-0.3, -0.25) is 4.79 Å². The Morgan fingerprint density at radius 1 is 1.22 bits per heavy atom. The molecule has 1 aromatic rings. The monoisotopic (exact) mass is 256 g/mol. The zero-order chi connectivity index (χ0) is 13.5. The van der Waals surface area contributed by atoms with Crippen LogP contribution in [0.1, 0.15) is 24.0 Å². The van der Waals surface area contributed by atoms with E-state index in [0.29, 0.717) is 29.9 Å². The van der Waals surface area contributed by atoms with Crippen molar-refractivity contribution >= 4 is 5.97 Å². The van der Waals surface area contributed by atoms with Gasteiger partial charge in [0.2, 0.25) is 0 Å². The highest BCUT2D eigenvalue weighted by Crippen LogP contribution is 2.30. The van der Waals surface area contributed by atoms with Crippen LogP contribution in [0.25, 0.3) is 0 Å². The molecule has 1 rings (SSSR count). The topological polar surface area (TPSA) is 55.8 Å². The summed E-state index contributed by atoms with van der Waals surface area (Å²) >= 11 is 0. The first-order chi connectivity index (χ1) is 8.62. The molecule has 4 nitrogen and oxygen atoms in total. The second-order valence-corrected chi connectivity index (χ2v) is 3.86. The second-order valence-electron chi connectivity index (χ2n) is 3.86. The van der Waals surface area contributed by atoms with Crippen molar-refractivity contribution in [2.45, 2.75) is 25.9 Å². The number of carbonyl (C=O) groups is 1. The molecule has 0 aromatic heterocycles. The number of aryl methyl sites for hydroxylation is 1. The van der Waals surface area contributed by atoms with Gasteiger partial charge in [-0.1, -0.05) is 0 Å². The minimum atomic E-state index is -0.832. The van der Waals surface area contributed by atoms with Crippen LogP contribution in [0.5, 0.6) is 11.5 Å². The van der Waals surface area contributed by atoms with Crippen molar-refractivity contribution in [2.24, 2.45) is 0 Å². The van der Waals surface area contributed by atoms with Crippen LogP contribution in [0.15, 0.2) is 12.1 Å². The summed E-state index contributed by atoms with van der Waals surface area (Å²) in [5, 5.41) is 8.60. The lowest BCUT2D eigenvalue weighted by molar-refractivity contribution is -0.137. The Bertz CT molecular complexity index is 418. The lowest BCUT2D eigenvalue weighted by Crippen LogP contribution is -2.00. The summed E-state index contributed by atoms with van der Waals surface area (Å²) in [6.07, 6.45) is 1.15. The molecule has 0 unspecified atom stereocenters. The number of carboxylic acid groups (broad SMARTS) is 1. The molecule has 0 saturated carbocycles. The molecule has 0 amide bonds. The van der Waals surface area contributed by atoms with Crippen molar-refractivity contribution < 1.29 is 23.8 Å². The Morgan fingerprint density at radius 2 is 1.78 bits per heavy atom. The number of hydrogen-bond donors (Lipinski definition) is 1. The fourth-order valence-corrected chi connectivity index (χ4v) is 1.75. The van der Waals surface area contributed by atoms with Gasteiger partial charge in [-0.25, -0.2) is 4.39 Å². The van der Waals surface area contributed by atoms with Crippen molar-refractivity contribution in [1.82, 2.24) is 0 Å². The van der Waals surface area contributed by atoms with Crippen LogP contribution >= 0.6 is 0 Å². The van der Waals surface area contributed by atoms with Gasteiger partial charge < -0.3 is 14.6 Å². The average Bonchev–Trinajstić information content (AvgIpc) is 2.37. The molecule has 0 fully saturated rings. The molecule has 0 aliphatic rings. The maximum absolute atomic E-state index is 12.8. The minimum absolute atomic E-state index is 0.0936. The molecule has 0 atom stereocenters. The van der Waals surface area contributed by atoms with Gasteiger partial charge in [-0.05, 0) is 30.5 Å². The molecule has 0 aliphatic carbocycles. The van der Waals surface area contributed by atoms with E-state index in [-0.39, 0.29) is 6.42 Å². The van der Waals surface area contributed by atoms with Crippen LogP contribution < -0.4 is 9.47 Å². The lowest BCUT2D eigenvalue weighted by atomic mass is 10.0. The van der Waals surface area contributed by atoms with Crippen molar-refractivity contribution in [3.63, 3.8) is 0 Å². The molecule has 0 spiro atoms. The van der Waals surface area contributed by atoms with Gasteiger partial charge in [-0.2, -0.15) is 0 Å². The molecular weight excluding hydrogens is 239 g/mol. The second kappa shape index (κ2) is 6.83. The van der Waals surface area contributed by atoms with Gasteiger partial charge in [0, 0.05) is 12.0 Å². The molecular formula is C13H17FO4. The van der Waals surface area contributed by atoms with E-state index in [4.69, 9.17) is 14.6 Å². The fourth-order valence-electron chi connectivity index (χ4n) is 1.75. The third-order valence-electron chi connectivity index (χ3n) is 2.66. The first kappa shape index (κ1) is 14.3. The number of benzene rings is 1. The number of halogens is 1. The predicted octanol–water partition coefficient (Wildman–Crippen LogP) is 2.58. The molecule has 18 heavy (non-hydrogen) atoms. The van der Waals surface area contributed by atoms with Crippen LogP contribution in [-0.2, 0) is 17.9 Å². The van der Waals surface area contributed by atoms with Gasteiger partial charge >= 0.3 is 5.97 Å². The first-order valence-electron chi connectivity index (χ1n) is 5.64. The number of ether oxygens (including phenoxy) is 2. The highest BCUT2D eigenvalue weighted by atomic mass is 19.1. The average molecular weight is 256 g/mol. The van der Waals surface area contributed by atoms with Crippen molar-refractivity contribution in [2.75, 3.05) is 14.2 Å². The normalized spacial score (nSPS) is 10.2. The molecule has 0 heterocycles. The number of methoxy groups -OCH3 is 2. The molecule has 1 aromatic carbocycles. The van der Waals surface area contributed by atoms with Crippen molar-refractivity contribution in [3.8, 4) is 11.5 Å². The van der Waals surface area contributed by atoms with Gasteiger partial charge in [0.25, 0.3) is 0 Å². The van der Waals surface area contributed by atoms with Crippen molar-refractivity contribution in [3.05, 3.63) is 23.3 Å². The van der Waals surface area contributed by atoms with Crippen LogP contribution in [0.2, 0.25) is 0 Å². The maximum atomic E-state index is 12.8. The zero-order valence-corrected chi connectivity index (χ0v) is 10.5. The number of alkyl halides is 1. The molecule has 100 valence electrons. The molecule has 1 N–H and O–H groups in total. The van der Waals surface area contributed by atoms with Crippen molar-refractivity contribution in [1.29, 1.82) is 0 Å². The predicted molar refractivity (Wildman–Crippen MR) is 64.9 cm³/mol. The van der Waals surface area contributed by atoms with Gasteiger partial charge in [0.05, 0.1) is 14.2 Å². The maximum Gasteiger partial charge on any atom is 0.303 e. The summed E-state index contributed by atoms with van der Waals surface area (Å²) in [5.74, 6) is 0.193. The SMILES string of the molecule is COc1cc(CCCC(=O)O)c(OC)cc1CF. The van der Waals surface area contributed by atoms with Crippen LogP contribution in [-0.4, -0.2) is 25.3 Å². The van der Waals surface area contributed by atoms with E-state index in [9.17, 15) is 9.18 Å². The summed E-state index contributed by atoms with van der Waals surface area (Å²) in [6.45, 7) is -0.630. The standard InChI is InChI=1S/C13H17FO4/c1-17-11-7-10(8-14)12(18-2)6-9(11)4-3-5-13(15)16/h6-7H,3-5,8H2,1-2H3,(H,15,16). The zero-order valence-electron chi connectivity index (χ0n) is 10.5. The number of hydrogen-bond acceptors (Lipinski definition) is 3. The first-order valence-corrected chi connectivity index (χ1v) is 5.64. The van der Waals surface area contributed by atoms with Crippen LogP contribution in [0.3, 0.4) is 0 Å². The molecule has 5 heteroatoms. The summed E-state index contributed by atoms with van der Waals surface area (Å²) in [6, 6.07) is 3.30. The molecule has 0 saturated heterocycles. The van der Waals surface area contributed by atoms with E-state index < -0.39 is 12.6 Å². The van der Waals surface area contributed by atoms with E-state index >= 15 is 0 Å². The summed E-state index contributed by atoms with van der Waals surface area (Å²) in [4.78, 5) is 10.5. The van der Waals surface area contributed by atoms with Gasteiger partial charge in [0.1, 0.15) is 18.2 Å². The summed E-state index contributed by atoms with van der Waals surface area (Å²) in [5.41, 5.74) is 1.25. The Labute approximate surface area is 105 Å². The van der Waals surface area contributed by atoms with E-state index in [0.717, 1.165) is 5.56 Å². The number of aliphatic carboxylic acids is 1. The molecule has 0 radical (unpaired) electrons. The summed E-state index contributed by atoms with van der Waals surface area (Å²) in [7, 11) is 2.98. The molecule has 0 aliphatic heterocycles. The summed E-state index contributed by atoms with van der Waals surface area (Å²) < 4.78 is 23.0. The van der Waals surface area contributed by atoms with E-state index in [1.165, 1.54) is 14.2 Å². The Morgan fingerprint density at radius 3 is 2.28 bits per heavy atom. The highest BCUT2D eigenvalue weighted by molar-refractivity contribution is 5.66. The van der Waals surface area contributed by atoms with E-state index in [1.54, 1.807) is 12.1 Å². The lowest BCUT2D eigenvalue weighted by Gasteiger charge is -2.13. The largest absolute Gasteiger partial charge is 0.496 e. The van der Waals surface area contributed by atoms with E-state index in [1.807, 2.05) is 0 Å². The van der Waals surface area contributed by atoms with E-state index in [2.05, 4.69) is 0 Å². The van der Waals surface area contributed by atoms with Gasteiger partial charge in [0.15, 0.2) is 0 Å². The minimum Gasteiger partial charge on any atom is -0.496 e. The Kier molecular flexibility index (Phi) is 5.42. The number of carboxylic acids is 1. The third kappa shape index (κ3) is 3.61. The third-order valence-corrected chi connectivity index (χ3v) is 2.66. The Hall–Kier alpha value is -1.78. The number of rotatable bonds is 7. The fraction of sp³-hybridized carbons (Fsp3) is 0.462. The Balaban J connectivity index is 2.91.